The van der Waals surface area contributed by atoms with Gasteiger partial charge in [-0.15, -0.1) is 0 Å². The molecule has 2 fully saturated rings. The van der Waals surface area contributed by atoms with E-state index in [1.165, 1.54) is 51.9 Å². The van der Waals surface area contributed by atoms with Crippen molar-refractivity contribution in [1.82, 2.24) is 9.80 Å². The van der Waals surface area contributed by atoms with Crippen LogP contribution < -0.4 is 5.73 Å². The van der Waals surface area contributed by atoms with E-state index in [0.29, 0.717) is 12.0 Å². The van der Waals surface area contributed by atoms with Crippen LogP contribution in [0, 0.1) is 5.92 Å². The Kier molecular flexibility index (Phi) is 4.83. The van der Waals surface area contributed by atoms with E-state index in [2.05, 4.69) is 23.6 Å². The second-order valence-corrected chi connectivity index (χ2v) is 6.08. The van der Waals surface area contributed by atoms with Crippen LogP contribution >= 0.6 is 0 Å². The van der Waals surface area contributed by atoms with E-state index in [1.54, 1.807) is 0 Å². The molecule has 2 aliphatic heterocycles. The summed E-state index contributed by atoms with van der Waals surface area (Å²) in [5.41, 5.74) is 5.92. The summed E-state index contributed by atoms with van der Waals surface area (Å²) < 4.78 is 0. The number of nitrogens with zero attached hydrogens (tertiary/aromatic N) is 2. The Labute approximate surface area is 106 Å². The maximum atomic E-state index is 5.92. The average molecular weight is 239 g/mol. The first-order chi connectivity index (χ1) is 8.22. The van der Waals surface area contributed by atoms with Crippen LogP contribution in [0.25, 0.3) is 0 Å². The van der Waals surface area contributed by atoms with Crippen molar-refractivity contribution in [3.63, 3.8) is 0 Å². The zero-order valence-electron chi connectivity index (χ0n) is 11.6. The molecule has 3 heteroatoms. The molecule has 0 aromatic heterocycles. The smallest absolute Gasteiger partial charge is 0.0242 e. The van der Waals surface area contributed by atoms with Gasteiger partial charge in [0.15, 0.2) is 0 Å². The summed E-state index contributed by atoms with van der Waals surface area (Å²) in [5, 5.41) is 0. The minimum absolute atomic E-state index is 0.588. The minimum Gasteiger partial charge on any atom is -0.329 e. The van der Waals surface area contributed by atoms with E-state index in [9.17, 15) is 0 Å². The van der Waals surface area contributed by atoms with Crippen LogP contribution in [-0.4, -0.2) is 54.6 Å². The molecule has 0 radical (unpaired) electrons. The largest absolute Gasteiger partial charge is 0.329 e. The Morgan fingerprint density at radius 1 is 1.12 bits per heavy atom. The SMILES string of the molecule is CC(C)C(CN)N1CCC(N2CCCCC2)C1. The van der Waals surface area contributed by atoms with Gasteiger partial charge >= 0.3 is 0 Å². The standard InChI is InChI=1S/C14H29N3/c1-12(2)14(10-15)17-9-6-13(11-17)16-7-4-3-5-8-16/h12-14H,3-11,15H2,1-2H3. The van der Waals surface area contributed by atoms with Gasteiger partial charge in [-0.3, -0.25) is 9.80 Å². The average Bonchev–Trinajstić information content (AvgIpc) is 2.80. The Bertz CT molecular complexity index is 224. The maximum absolute atomic E-state index is 5.92. The van der Waals surface area contributed by atoms with E-state index in [0.717, 1.165) is 12.6 Å². The molecule has 2 rings (SSSR count). The summed E-state index contributed by atoms with van der Waals surface area (Å²) in [5.74, 6) is 0.681. The molecule has 0 amide bonds. The predicted octanol–water partition coefficient (Wildman–Crippen LogP) is 1.53. The molecule has 2 aliphatic rings. The van der Waals surface area contributed by atoms with Gasteiger partial charge in [-0.1, -0.05) is 20.3 Å². The number of rotatable bonds is 4. The molecule has 2 heterocycles. The van der Waals surface area contributed by atoms with Crippen LogP contribution in [0.5, 0.6) is 0 Å². The lowest BCUT2D eigenvalue weighted by Gasteiger charge is -2.34. The number of hydrogen-bond donors (Lipinski definition) is 1. The predicted molar refractivity (Wildman–Crippen MR) is 73.1 cm³/mol. The van der Waals surface area contributed by atoms with E-state index in [1.807, 2.05) is 0 Å². The van der Waals surface area contributed by atoms with Crippen molar-refractivity contribution in [2.24, 2.45) is 11.7 Å². The van der Waals surface area contributed by atoms with Gasteiger partial charge in [0.2, 0.25) is 0 Å². The van der Waals surface area contributed by atoms with E-state index >= 15 is 0 Å². The Morgan fingerprint density at radius 3 is 2.41 bits per heavy atom. The number of piperidine rings is 1. The molecule has 0 spiro atoms. The summed E-state index contributed by atoms with van der Waals surface area (Å²) in [4.78, 5) is 5.35. The van der Waals surface area contributed by atoms with Crippen LogP contribution in [-0.2, 0) is 0 Å². The lowest BCUT2D eigenvalue weighted by Crippen LogP contribution is -2.46. The summed E-state index contributed by atoms with van der Waals surface area (Å²) in [6.07, 6.45) is 5.59. The van der Waals surface area contributed by atoms with Gasteiger partial charge in [-0.2, -0.15) is 0 Å². The van der Waals surface area contributed by atoms with Crippen LogP contribution in [0.2, 0.25) is 0 Å². The molecule has 2 atom stereocenters. The van der Waals surface area contributed by atoms with Gasteiger partial charge in [0.1, 0.15) is 0 Å². The Balaban J connectivity index is 1.85. The van der Waals surface area contributed by atoms with Gasteiger partial charge in [-0.05, 0) is 38.3 Å². The highest BCUT2D eigenvalue weighted by atomic mass is 15.3. The van der Waals surface area contributed by atoms with Gasteiger partial charge < -0.3 is 5.73 Å². The zero-order chi connectivity index (χ0) is 12.3. The third-order valence-corrected chi connectivity index (χ3v) is 4.58. The normalized spacial score (nSPS) is 30.0. The number of likely N-dealkylation sites (tertiary alicyclic amines) is 2. The van der Waals surface area contributed by atoms with Crippen molar-refractivity contribution in [1.29, 1.82) is 0 Å². The molecule has 2 unspecified atom stereocenters. The molecule has 2 N–H and O–H groups in total. The van der Waals surface area contributed by atoms with Crippen LogP contribution in [0.1, 0.15) is 39.5 Å². The first kappa shape index (κ1) is 13.3. The van der Waals surface area contributed by atoms with Gasteiger partial charge in [-0.25, -0.2) is 0 Å². The monoisotopic (exact) mass is 239 g/mol. The summed E-state index contributed by atoms with van der Waals surface area (Å²) in [7, 11) is 0. The molecular formula is C14H29N3. The summed E-state index contributed by atoms with van der Waals surface area (Å²) >= 11 is 0. The van der Waals surface area contributed by atoms with Crippen LogP contribution in [0.4, 0.5) is 0 Å². The fourth-order valence-electron chi connectivity index (χ4n) is 3.49. The third-order valence-electron chi connectivity index (χ3n) is 4.58. The van der Waals surface area contributed by atoms with Crippen LogP contribution in [0.15, 0.2) is 0 Å². The lowest BCUT2D eigenvalue weighted by atomic mass is 10.0. The van der Waals surface area contributed by atoms with Gasteiger partial charge in [0.25, 0.3) is 0 Å². The minimum atomic E-state index is 0.588. The van der Waals surface area contributed by atoms with Gasteiger partial charge in [0, 0.05) is 31.7 Å². The first-order valence-electron chi connectivity index (χ1n) is 7.40. The molecule has 0 aliphatic carbocycles. The summed E-state index contributed by atoms with van der Waals surface area (Å²) in [6, 6.07) is 1.40. The van der Waals surface area contributed by atoms with Crippen molar-refractivity contribution in [2.75, 3.05) is 32.7 Å². The van der Waals surface area contributed by atoms with Crippen LogP contribution in [0.3, 0.4) is 0 Å². The first-order valence-corrected chi connectivity index (χ1v) is 7.40. The topological polar surface area (TPSA) is 32.5 Å². The second kappa shape index (κ2) is 6.17. The molecule has 0 bridgehead atoms. The Hall–Kier alpha value is -0.120. The van der Waals surface area contributed by atoms with E-state index in [-0.39, 0.29) is 0 Å². The molecule has 0 aromatic rings. The molecule has 2 saturated heterocycles. The third kappa shape index (κ3) is 3.21. The van der Waals surface area contributed by atoms with Gasteiger partial charge in [0.05, 0.1) is 0 Å². The molecule has 0 saturated carbocycles. The highest BCUT2D eigenvalue weighted by Gasteiger charge is 2.32. The zero-order valence-corrected chi connectivity index (χ0v) is 11.6. The molecule has 0 aromatic carbocycles. The quantitative estimate of drug-likeness (QED) is 0.807. The highest BCUT2D eigenvalue weighted by molar-refractivity contribution is 4.89. The second-order valence-electron chi connectivity index (χ2n) is 6.08. The fraction of sp³-hybridized carbons (Fsp3) is 1.00. The maximum Gasteiger partial charge on any atom is 0.0242 e. The number of nitrogens with two attached hydrogens (primary N) is 1. The van der Waals surface area contributed by atoms with Crippen molar-refractivity contribution in [2.45, 2.75) is 51.6 Å². The molecule has 100 valence electrons. The molecule has 17 heavy (non-hydrogen) atoms. The highest BCUT2D eigenvalue weighted by Crippen LogP contribution is 2.23. The van der Waals surface area contributed by atoms with Crippen molar-refractivity contribution < 1.29 is 0 Å². The van der Waals surface area contributed by atoms with Crippen molar-refractivity contribution in [3.8, 4) is 0 Å². The van der Waals surface area contributed by atoms with E-state index < -0.39 is 0 Å². The Morgan fingerprint density at radius 2 is 1.82 bits per heavy atom. The van der Waals surface area contributed by atoms with E-state index in [4.69, 9.17) is 5.73 Å². The van der Waals surface area contributed by atoms with Crippen molar-refractivity contribution in [3.05, 3.63) is 0 Å². The summed E-state index contributed by atoms with van der Waals surface area (Å²) in [6.45, 7) is 10.6. The lowest BCUT2D eigenvalue weighted by molar-refractivity contribution is 0.141. The molecule has 3 nitrogen and oxygen atoms in total. The van der Waals surface area contributed by atoms with Crippen molar-refractivity contribution >= 4 is 0 Å². The molecular weight excluding hydrogens is 210 g/mol. The number of hydrogen-bond acceptors (Lipinski definition) is 3. The fourth-order valence-corrected chi connectivity index (χ4v) is 3.49.